The van der Waals surface area contributed by atoms with Crippen LogP contribution >= 0.6 is 0 Å². The van der Waals surface area contributed by atoms with Crippen molar-refractivity contribution in [3.63, 3.8) is 0 Å². The van der Waals surface area contributed by atoms with E-state index in [1.165, 1.54) is 0 Å². The van der Waals surface area contributed by atoms with Crippen molar-refractivity contribution in [3.8, 4) is 0 Å². The second kappa shape index (κ2) is 9.04. The Labute approximate surface area is 183 Å². The molecule has 5 nitrogen and oxygen atoms in total. The van der Waals surface area contributed by atoms with Gasteiger partial charge in [-0.3, -0.25) is 9.69 Å². The van der Waals surface area contributed by atoms with Crippen LogP contribution in [0.15, 0.2) is 78.9 Å². The SMILES string of the molecule is Cc1cccc(C(=O)Nc2ccccc2N2CCCN(C(C)c3ccccc3)C2=O)c1. The normalized spacial score (nSPS) is 15.0. The maximum Gasteiger partial charge on any atom is 0.325 e. The summed E-state index contributed by atoms with van der Waals surface area (Å²) in [6.45, 7) is 5.35. The minimum atomic E-state index is -0.185. The summed E-state index contributed by atoms with van der Waals surface area (Å²) < 4.78 is 0. The second-order valence-electron chi connectivity index (χ2n) is 7.91. The average molecular weight is 414 g/mol. The van der Waals surface area contributed by atoms with Crippen LogP contribution in [0.2, 0.25) is 0 Å². The predicted octanol–water partition coefficient (Wildman–Crippen LogP) is 5.64. The highest BCUT2D eigenvalue weighted by atomic mass is 16.2. The van der Waals surface area contributed by atoms with Gasteiger partial charge in [0.15, 0.2) is 0 Å². The molecule has 0 saturated carbocycles. The zero-order valence-electron chi connectivity index (χ0n) is 17.9. The summed E-state index contributed by atoms with van der Waals surface area (Å²) in [4.78, 5) is 29.9. The molecule has 1 aliphatic heterocycles. The van der Waals surface area contributed by atoms with E-state index in [2.05, 4.69) is 12.2 Å². The molecule has 1 heterocycles. The molecule has 1 aliphatic rings. The first-order valence-corrected chi connectivity index (χ1v) is 10.6. The highest BCUT2D eigenvalue weighted by Crippen LogP contribution is 2.32. The fourth-order valence-electron chi connectivity index (χ4n) is 4.04. The topological polar surface area (TPSA) is 52.7 Å². The number of urea groups is 1. The van der Waals surface area contributed by atoms with Crippen molar-refractivity contribution in [1.82, 2.24) is 4.90 Å². The summed E-state index contributed by atoms with van der Waals surface area (Å²) in [5.74, 6) is -0.185. The van der Waals surface area contributed by atoms with Gasteiger partial charge in [-0.1, -0.05) is 60.2 Å². The molecule has 4 rings (SSSR count). The van der Waals surface area contributed by atoms with Crippen molar-refractivity contribution in [2.45, 2.75) is 26.3 Å². The summed E-state index contributed by atoms with van der Waals surface area (Å²) in [5, 5.41) is 3.00. The highest BCUT2D eigenvalue weighted by molar-refractivity contribution is 6.07. The molecule has 31 heavy (non-hydrogen) atoms. The van der Waals surface area contributed by atoms with Crippen LogP contribution in [0.1, 0.15) is 40.9 Å². The second-order valence-corrected chi connectivity index (χ2v) is 7.91. The number of carbonyl (C=O) groups is 2. The van der Waals surface area contributed by atoms with Gasteiger partial charge in [0.25, 0.3) is 5.91 Å². The number of nitrogens with one attached hydrogen (secondary N) is 1. The van der Waals surface area contributed by atoms with Crippen molar-refractivity contribution in [1.29, 1.82) is 0 Å². The van der Waals surface area contributed by atoms with Gasteiger partial charge in [-0.05, 0) is 50.1 Å². The van der Waals surface area contributed by atoms with Crippen LogP contribution in [0.3, 0.4) is 0 Å². The van der Waals surface area contributed by atoms with Gasteiger partial charge in [-0.15, -0.1) is 0 Å². The van der Waals surface area contributed by atoms with Crippen molar-refractivity contribution in [2.75, 3.05) is 23.3 Å². The molecule has 0 spiro atoms. The summed E-state index contributed by atoms with van der Waals surface area (Å²) in [6, 6.07) is 25.0. The number of anilines is 2. The molecule has 1 N–H and O–H groups in total. The van der Waals surface area contributed by atoms with Crippen LogP contribution in [0.25, 0.3) is 0 Å². The number of carbonyl (C=O) groups excluding carboxylic acids is 2. The fourth-order valence-corrected chi connectivity index (χ4v) is 4.04. The van der Waals surface area contributed by atoms with Gasteiger partial charge in [0.1, 0.15) is 0 Å². The minimum absolute atomic E-state index is 0.0226. The molecule has 1 unspecified atom stereocenters. The zero-order valence-corrected chi connectivity index (χ0v) is 17.9. The molecule has 158 valence electrons. The Morgan fingerprint density at radius 3 is 2.45 bits per heavy atom. The third-order valence-corrected chi connectivity index (χ3v) is 5.73. The van der Waals surface area contributed by atoms with Gasteiger partial charge < -0.3 is 10.2 Å². The van der Waals surface area contributed by atoms with E-state index in [-0.39, 0.29) is 18.0 Å². The Morgan fingerprint density at radius 1 is 0.935 bits per heavy atom. The number of hydrogen-bond donors (Lipinski definition) is 1. The van der Waals surface area contributed by atoms with E-state index in [0.717, 1.165) is 23.2 Å². The van der Waals surface area contributed by atoms with E-state index in [1.807, 2.05) is 84.6 Å². The highest BCUT2D eigenvalue weighted by Gasteiger charge is 2.31. The van der Waals surface area contributed by atoms with Gasteiger partial charge >= 0.3 is 6.03 Å². The van der Waals surface area contributed by atoms with Gasteiger partial charge in [0, 0.05) is 18.7 Å². The summed E-state index contributed by atoms with van der Waals surface area (Å²) in [5.41, 5.74) is 4.09. The Bertz CT molecular complexity index is 1080. The van der Waals surface area contributed by atoms with Crippen LogP contribution in [0, 0.1) is 6.92 Å². The predicted molar refractivity (Wildman–Crippen MR) is 124 cm³/mol. The zero-order chi connectivity index (χ0) is 21.8. The number of amides is 3. The molecule has 0 bridgehead atoms. The molecular weight excluding hydrogens is 386 g/mol. The summed E-state index contributed by atoms with van der Waals surface area (Å²) in [7, 11) is 0. The molecule has 3 aromatic carbocycles. The fraction of sp³-hybridized carbons (Fsp3) is 0.231. The minimum Gasteiger partial charge on any atom is -0.320 e. The molecule has 0 radical (unpaired) electrons. The lowest BCUT2D eigenvalue weighted by Crippen LogP contribution is -2.50. The molecule has 1 saturated heterocycles. The first kappa shape index (κ1) is 20.7. The maximum atomic E-state index is 13.4. The summed E-state index contributed by atoms with van der Waals surface area (Å²) >= 11 is 0. The molecule has 0 aromatic heterocycles. The number of hydrogen-bond acceptors (Lipinski definition) is 2. The molecule has 3 amide bonds. The standard InChI is InChI=1S/C26H27N3O2/c1-19-10-8-13-22(18-19)25(30)27-23-14-6-7-15-24(23)29-17-9-16-28(26(29)31)20(2)21-11-4-3-5-12-21/h3-8,10-15,18,20H,9,16-17H2,1-2H3,(H,27,30). The average Bonchev–Trinajstić information content (AvgIpc) is 2.80. The summed E-state index contributed by atoms with van der Waals surface area (Å²) in [6.07, 6.45) is 0.864. The smallest absolute Gasteiger partial charge is 0.320 e. The molecule has 5 heteroatoms. The largest absolute Gasteiger partial charge is 0.325 e. The number of aryl methyl sites for hydroxylation is 1. The van der Waals surface area contributed by atoms with E-state index in [0.29, 0.717) is 24.3 Å². The quantitative estimate of drug-likeness (QED) is 0.588. The Morgan fingerprint density at radius 2 is 1.68 bits per heavy atom. The molecular formula is C26H27N3O2. The third kappa shape index (κ3) is 4.45. The first-order valence-electron chi connectivity index (χ1n) is 10.6. The van der Waals surface area contributed by atoms with E-state index in [4.69, 9.17) is 0 Å². The van der Waals surface area contributed by atoms with Crippen LogP contribution in [-0.2, 0) is 0 Å². The van der Waals surface area contributed by atoms with E-state index >= 15 is 0 Å². The Hall–Kier alpha value is -3.60. The third-order valence-electron chi connectivity index (χ3n) is 5.73. The van der Waals surface area contributed by atoms with Gasteiger partial charge in [-0.2, -0.15) is 0 Å². The van der Waals surface area contributed by atoms with E-state index < -0.39 is 0 Å². The Balaban J connectivity index is 1.58. The number of rotatable bonds is 5. The first-order chi connectivity index (χ1) is 15.0. The van der Waals surface area contributed by atoms with Crippen LogP contribution < -0.4 is 10.2 Å². The van der Waals surface area contributed by atoms with Crippen LogP contribution in [0.4, 0.5) is 16.2 Å². The molecule has 0 aliphatic carbocycles. The van der Waals surface area contributed by atoms with E-state index in [1.54, 1.807) is 11.0 Å². The lowest BCUT2D eigenvalue weighted by molar-refractivity contribution is 0.102. The van der Waals surface area contributed by atoms with Crippen molar-refractivity contribution in [3.05, 3.63) is 95.6 Å². The maximum absolute atomic E-state index is 13.4. The number of nitrogens with zero attached hydrogens (tertiary/aromatic N) is 2. The van der Waals surface area contributed by atoms with E-state index in [9.17, 15) is 9.59 Å². The lowest BCUT2D eigenvalue weighted by atomic mass is 10.1. The van der Waals surface area contributed by atoms with Crippen molar-refractivity contribution < 1.29 is 9.59 Å². The van der Waals surface area contributed by atoms with Crippen molar-refractivity contribution >= 4 is 23.3 Å². The van der Waals surface area contributed by atoms with Gasteiger partial charge in [0.05, 0.1) is 17.4 Å². The molecule has 3 aromatic rings. The van der Waals surface area contributed by atoms with Gasteiger partial charge in [-0.25, -0.2) is 4.79 Å². The van der Waals surface area contributed by atoms with Crippen LogP contribution in [-0.4, -0.2) is 29.9 Å². The number of benzene rings is 3. The van der Waals surface area contributed by atoms with Crippen molar-refractivity contribution in [2.24, 2.45) is 0 Å². The molecule has 1 atom stereocenters. The van der Waals surface area contributed by atoms with Gasteiger partial charge in [0.2, 0.25) is 0 Å². The monoisotopic (exact) mass is 413 g/mol. The van der Waals surface area contributed by atoms with Crippen LogP contribution in [0.5, 0.6) is 0 Å². The Kier molecular flexibility index (Phi) is 6.03. The molecule has 1 fully saturated rings. The number of para-hydroxylation sites is 2. The lowest BCUT2D eigenvalue weighted by Gasteiger charge is -2.39.